The molecule has 1 aliphatic heterocycles. The van der Waals surface area contributed by atoms with Crippen LogP contribution >= 0.6 is 0 Å². The van der Waals surface area contributed by atoms with Gasteiger partial charge >= 0.3 is 0 Å². The Bertz CT molecular complexity index is 533. The Balaban J connectivity index is 1.91. The van der Waals surface area contributed by atoms with E-state index < -0.39 is 0 Å². The lowest BCUT2D eigenvalue weighted by Crippen LogP contribution is -2.24. The van der Waals surface area contributed by atoms with E-state index in [0.717, 1.165) is 31.1 Å². The van der Waals surface area contributed by atoms with Gasteiger partial charge in [-0.1, -0.05) is 6.07 Å². The summed E-state index contributed by atoms with van der Waals surface area (Å²) in [4.78, 5) is 6.92. The van der Waals surface area contributed by atoms with Crippen molar-refractivity contribution in [2.75, 3.05) is 31.6 Å². The molecule has 1 atom stereocenters. The smallest absolute Gasteiger partial charge is 0.0722 e. The van der Waals surface area contributed by atoms with Crippen molar-refractivity contribution in [2.45, 2.75) is 6.42 Å². The van der Waals surface area contributed by atoms with Crippen molar-refractivity contribution < 1.29 is 0 Å². The molecule has 0 radical (unpaired) electrons. The average molecular weight is 241 g/mol. The Kier molecular flexibility index (Phi) is 3.15. The van der Waals surface area contributed by atoms with Gasteiger partial charge in [-0.15, -0.1) is 0 Å². The number of nitrogens with one attached hydrogen (secondary N) is 1. The summed E-state index contributed by atoms with van der Waals surface area (Å²) in [7, 11) is 2.03. The van der Waals surface area contributed by atoms with Gasteiger partial charge in [-0.05, 0) is 50.2 Å². The standard InChI is InChI=1S/C15H19N3/c1-16-10-12-7-9-18(11-12)15-6-2-5-14-13(15)4-3-8-17-14/h2-6,8,12,16H,7,9-11H2,1H3. The van der Waals surface area contributed by atoms with E-state index in [9.17, 15) is 0 Å². The van der Waals surface area contributed by atoms with Crippen molar-refractivity contribution >= 4 is 16.6 Å². The van der Waals surface area contributed by atoms with Gasteiger partial charge < -0.3 is 10.2 Å². The number of benzene rings is 1. The molecule has 1 fully saturated rings. The number of hydrogen-bond donors (Lipinski definition) is 1. The summed E-state index contributed by atoms with van der Waals surface area (Å²) < 4.78 is 0. The highest BCUT2D eigenvalue weighted by Gasteiger charge is 2.23. The monoisotopic (exact) mass is 241 g/mol. The van der Waals surface area contributed by atoms with Gasteiger partial charge in [0.05, 0.1) is 5.52 Å². The molecule has 2 aromatic rings. The van der Waals surface area contributed by atoms with Crippen LogP contribution in [0.15, 0.2) is 36.5 Å². The van der Waals surface area contributed by atoms with E-state index in [4.69, 9.17) is 0 Å². The molecule has 18 heavy (non-hydrogen) atoms. The van der Waals surface area contributed by atoms with Crippen molar-refractivity contribution in [3.8, 4) is 0 Å². The van der Waals surface area contributed by atoms with Crippen molar-refractivity contribution in [3.63, 3.8) is 0 Å². The van der Waals surface area contributed by atoms with Crippen LogP contribution in [0.2, 0.25) is 0 Å². The second-order valence-electron chi connectivity index (χ2n) is 5.01. The first-order valence-electron chi connectivity index (χ1n) is 6.62. The van der Waals surface area contributed by atoms with Crippen molar-refractivity contribution in [2.24, 2.45) is 5.92 Å². The molecular formula is C15H19N3. The van der Waals surface area contributed by atoms with Gasteiger partial charge in [-0.25, -0.2) is 0 Å². The molecular weight excluding hydrogens is 222 g/mol. The van der Waals surface area contributed by atoms with Crippen LogP contribution in [0.4, 0.5) is 5.69 Å². The molecule has 1 N–H and O–H groups in total. The molecule has 1 saturated heterocycles. The lowest BCUT2D eigenvalue weighted by atomic mass is 10.1. The quantitative estimate of drug-likeness (QED) is 0.893. The fraction of sp³-hybridized carbons (Fsp3) is 0.400. The van der Waals surface area contributed by atoms with Gasteiger partial charge in [0.1, 0.15) is 0 Å². The molecule has 0 saturated carbocycles. The zero-order chi connectivity index (χ0) is 12.4. The maximum absolute atomic E-state index is 4.43. The number of anilines is 1. The van der Waals surface area contributed by atoms with Crippen molar-refractivity contribution in [1.82, 2.24) is 10.3 Å². The Morgan fingerprint density at radius 1 is 1.33 bits per heavy atom. The number of aromatic nitrogens is 1. The fourth-order valence-corrected chi connectivity index (χ4v) is 2.87. The molecule has 1 aromatic heterocycles. The van der Waals surface area contributed by atoms with E-state index in [-0.39, 0.29) is 0 Å². The molecule has 1 aromatic carbocycles. The number of nitrogens with zero attached hydrogens (tertiary/aromatic N) is 2. The Morgan fingerprint density at radius 2 is 2.28 bits per heavy atom. The molecule has 3 rings (SSSR count). The molecule has 94 valence electrons. The molecule has 0 bridgehead atoms. The van der Waals surface area contributed by atoms with E-state index in [2.05, 4.69) is 39.5 Å². The highest BCUT2D eigenvalue weighted by atomic mass is 15.2. The summed E-state index contributed by atoms with van der Waals surface area (Å²) in [5, 5.41) is 4.55. The summed E-state index contributed by atoms with van der Waals surface area (Å²) in [5.74, 6) is 0.766. The van der Waals surface area contributed by atoms with Gasteiger partial charge in [-0.3, -0.25) is 4.98 Å². The summed E-state index contributed by atoms with van der Waals surface area (Å²) in [6, 6.07) is 10.6. The molecule has 0 amide bonds. The maximum Gasteiger partial charge on any atom is 0.0722 e. The second-order valence-corrected chi connectivity index (χ2v) is 5.01. The third-order valence-electron chi connectivity index (χ3n) is 3.74. The van der Waals surface area contributed by atoms with Crippen LogP contribution in [-0.2, 0) is 0 Å². The third-order valence-corrected chi connectivity index (χ3v) is 3.74. The molecule has 0 aliphatic carbocycles. The van der Waals surface area contributed by atoms with Gasteiger partial charge in [-0.2, -0.15) is 0 Å². The minimum atomic E-state index is 0.766. The topological polar surface area (TPSA) is 28.2 Å². The maximum atomic E-state index is 4.43. The summed E-state index contributed by atoms with van der Waals surface area (Å²) >= 11 is 0. The summed E-state index contributed by atoms with van der Waals surface area (Å²) in [5.41, 5.74) is 2.42. The van der Waals surface area contributed by atoms with E-state index >= 15 is 0 Å². The van der Waals surface area contributed by atoms with Crippen LogP contribution in [0.3, 0.4) is 0 Å². The third kappa shape index (κ3) is 2.06. The predicted octanol–water partition coefficient (Wildman–Crippen LogP) is 2.28. The first kappa shape index (κ1) is 11.5. The number of hydrogen-bond acceptors (Lipinski definition) is 3. The van der Waals surface area contributed by atoms with E-state index in [1.54, 1.807) is 0 Å². The number of fused-ring (bicyclic) bond motifs is 1. The molecule has 3 heteroatoms. The molecule has 2 heterocycles. The van der Waals surface area contributed by atoms with E-state index in [1.165, 1.54) is 17.5 Å². The largest absolute Gasteiger partial charge is 0.371 e. The number of pyridine rings is 1. The van der Waals surface area contributed by atoms with Crippen LogP contribution in [-0.4, -0.2) is 31.7 Å². The number of rotatable bonds is 3. The Morgan fingerprint density at radius 3 is 3.17 bits per heavy atom. The second kappa shape index (κ2) is 4.94. The van der Waals surface area contributed by atoms with E-state index in [1.807, 2.05) is 19.3 Å². The highest BCUT2D eigenvalue weighted by molar-refractivity contribution is 5.91. The Hall–Kier alpha value is -1.61. The lowest BCUT2D eigenvalue weighted by molar-refractivity contribution is 0.549. The van der Waals surface area contributed by atoms with Crippen LogP contribution in [0.5, 0.6) is 0 Å². The van der Waals surface area contributed by atoms with Gasteiger partial charge in [0.15, 0.2) is 0 Å². The highest BCUT2D eigenvalue weighted by Crippen LogP contribution is 2.29. The fourth-order valence-electron chi connectivity index (χ4n) is 2.87. The average Bonchev–Trinajstić information content (AvgIpc) is 2.87. The normalized spacial score (nSPS) is 19.6. The van der Waals surface area contributed by atoms with Crippen molar-refractivity contribution in [1.29, 1.82) is 0 Å². The van der Waals surface area contributed by atoms with Crippen LogP contribution < -0.4 is 10.2 Å². The molecule has 1 aliphatic rings. The molecule has 0 spiro atoms. The lowest BCUT2D eigenvalue weighted by Gasteiger charge is -2.20. The summed E-state index contributed by atoms with van der Waals surface area (Å²) in [6.45, 7) is 3.41. The first-order valence-corrected chi connectivity index (χ1v) is 6.62. The van der Waals surface area contributed by atoms with Crippen LogP contribution in [0.25, 0.3) is 10.9 Å². The van der Waals surface area contributed by atoms with E-state index in [0.29, 0.717) is 0 Å². The zero-order valence-electron chi connectivity index (χ0n) is 10.8. The first-order chi connectivity index (χ1) is 8.88. The van der Waals surface area contributed by atoms with Gasteiger partial charge in [0.2, 0.25) is 0 Å². The molecule has 3 nitrogen and oxygen atoms in total. The zero-order valence-corrected chi connectivity index (χ0v) is 10.8. The van der Waals surface area contributed by atoms with Crippen molar-refractivity contribution in [3.05, 3.63) is 36.5 Å². The van der Waals surface area contributed by atoms with Gasteiger partial charge in [0, 0.05) is 30.4 Å². The van der Waals surface area contributed by atoms with Crippen LogP contribution in [0.1, 0.15) is 6.42 Å². The SMILES string of the molecule is CNCC1CCN(c2cccc3ncccc23)C1. The van der Waals surface area contributed by atoms with Gasteiger partial charge in [0.25, 0.3) is 0 Å². The minimum absolute atomic E-state index is 0.766. The predicted molar refractivity (Wildman–Crippen MR) is 76.0 cm³/mol. The summed E-state index contributed by atoms with van der Waals surface area (Å²) in [6.07, 6.45) is 3.14. The molecule has 1 unspecified atom stereocenters. The minimum Gasteiger partial charge on any atom is -0.371 e. The Labute approximate surface area is 108 Å². The van der Waals surface area contributed by atoms with Crippen LogP contribution in [0, 0.1) is 5.92 Å².